The third-order valence-electron chi connectivity index (χ3n) is 6.17. The smallest absolute Gasteiger partial charge is 0.314 e. The van der Waals surface area contributed by atoms with Crippen LogP contribution in [0.5, 0.6) is 5.75 Å². The van der Waals surface area contributed by atoms with E-state index >= 15 is 0 Å². The van der Waals surface area contributed by atoms with Gasteiger partial charge in [0, 0.05) is 11.6 Å². The van der Waals surface area contributed by atoms with Gasteiger partial charge in [-0.05, 0) is 62.8 Å². The summed E-state index contributed by atoms with van der Waals surface area (Å²) < 4.78 is 5.42. The first-order valence-electron chi connectivity index (χ1n) is 9.87. The number of rotatable bonds is 4. The molecule has 1 saturated carbocycles. The summed E-state index contributed by atoms with van der Waals surface area (Å²) in [6, 6.07) is 6.30. The molecule has 4 rings (SSSR count). The molecule has 1 aromatic rings. The van der Waals surface area contributed by atoms with E-state index in [2.05, 4.69) is 0 Å². The lowest BCUT2D eigenvalue weighted by Crippen LogP contribution is -2.43. The summed E-state index contributed by atoms with van der Waals surface area (Å²) in [5, 5.41) is 0. The fraction of sp³-hybridized carbons (Fsp3) is 0.455. The molecular weight excluding hydrogens is 358 g/mol. The number of imide groups is 1. The molecule has 2 atom stereocenters. The second-order valence-corrected chi connectivity index (χ2v) is 7.82. The molecule has 6 nitrogen and oxygen atoms in total. The Hall–Kier alpha value is -2.76. The molecule has 0 spiro atoms. The van der Waals surface area contributed by atoms with Crippen LogP contribution in [0.3, 0.4) is 0 Å². The second kappa shape index (κ2) is 7.70. The van der Waals surface area contributed by atoms with E-state index < -0.39 is 0 Å². The zero-order valence-corrected chi connectivity index (χ0v) is 15.6. The van der Waals surface area contributed by atoms with Gasteiger partial charge < -0.3 is 4.74 Å². The predicted octanol–water partition coefficient (Wildman–Crippen LogP) is 2.91. The zero-order chi connectivity index (χ0) is 19.7. The maximum atomic E-state index is 12.7. The van der Waals surface area contributed by atoms with Crippen molar-refractivity contribution < 1.29 is 23.9 Å². The molecule has 1 heterocycles. The number of esters is 1. The van der Waals surface area contributed by atoms with Gasteiger partial charge >= 0.3 is 5.97 Å². The highest BCUT2D eigenvalue weighted by Crippen LogP contribution is 2.39. The molecule has 0 radical (unpaired) electrons. The van der Waals surface area contributed by atoms with Crippen molar-refractivity contribution in [2.75, 3.05) is 0 Å². The van der Waals surface area contributed by atoms with Crippen molar-refractivity contribution in [3.8, 4) is 5.75 Å². The highest BCUT2D eigenvalue weighted by atomic mass is 16.5. The van der Waals surface area contributed by atoms with Gasteiger partial charge in [0.25, 0.3) is 0 Å². The molecule has 0 aromatic heterocycles. The summed E-state index contributed by atoms with van der Waals surface area (Å²) in [7, 11) is 0. The molecule has 2 amide bonds. The second-order valence-electron chi connectivity index (χ2n) is 7.82. The van der Waals surface area contributed by atoms with E-state index in [-0.39, 0.29) is 41.6 Å². The maximum Gasteiger partial charge on any atom is 0.314 e. The van der Waals surface area contributed by atoms with E-state index in [4.69, 9.17) is 4.74 Å². The topological polar surface area (TPSA) is 80.8 Å². The molecule has 0 bridgehead atoms. The van der Waals surface area contributed by atoms with Gasteiger partial charge in [-0.15, -0.1) is 0 Å². The van der Waals surface area contributed by atoms with Gasteiger partial charge in [-0.2, -0.15) is 0 Å². The SMILES string of the molecule is O=Cc1ccc(OC(=O)C2CCC(N3C(=O)[C@H]4CC=CC[C@H]4C3=O)CC2)cc1. The lowest BCUT2D eigenvalue weighted by molar-refractivity contribution is -0.144. The number of fused-ring (bicyclic) bond motifs is 1. The van der Waals surface area contributed by atoms with Crippen molar-refractivity contribution in [3.05, 3.63) is 42.0 Å². The van der Waals surface area contributed by atoms with Gasteiger partial charge in [0.2, 0.25) is 11.8 Å². The molecule has 2 aliphatic carbocycles. The van der Waals surface area contributed by atoms with Crippen LogP contribution in [-0.2, 0) is 14.4 Å². The van der Waals surface area contributed by atoms with E-state index in [1.54, 1.807) is 24.3 Å². The molecule has 3 aliphatic rings. The van der Waals surface area contributed by atoms with E-state index in [1.165, 1.54) is 4.90 Å². The Morgan fingerprint density at radius 1 is 0.929 bits per heavy atom. The van der Waals surface area contributed by atoms with Crippen LogP contribution in [-0.4, -0.2) is 35.0 Å². The highest BCUT2D eigenvalue weighted by Gasteiger charge is 2.50. The standard InChI is InChI=1S/C22H23NO5/c24-13-14-5-11-17(12-6-14)28-22(27)15-7-9-16(10-8-15)23-20(25)18-3-1-2-4-19(18)21(23)26/h1-2,5-6,11-13,15-16,18-19H,3-4,7-10H2/t15?,16?,18-,19+. The molecule has 2 fully saturated rings. The first-order valence-corrected chi connectivity index (χ1v) is 9.87. The van der Waals surface area contributed by atoms with Crippen molar-refractivity contribution in [1.82, 2.24) is 4.90 Å². The van der Waals surface area contributed by atoms with E-state index in [1.807, 2.05) is 12.2 Å². The number of ether oxygens (including phenoxy) is 1. The summed E-state index contributed by atoms with van der Waals surface area (Å²) in [4.78, 5) is 50.0. The molecule has 0 unspecified atom stereocenters. The minimum Gasteiger partial charge on any atom is -0.426 e. The third kappa shape index (κ3) is 3.39. The quantitative estimate of drug-likeness (QED) is 0.263. The van der Waals surface area contributed by atoms with Crippen LogP contribution < -0.4 is 4.74 Å². The monoisotopic (exact) mass is 381 g/mol. The largest absolute Gasteiger partial charge is 0.426 e. The fourth-order valence-electron chi connectivity index (χ4n) is 4.57. The average Bonchev–Trinajstić information content (AvgIpc) is 2.99. The number of carbonyl (C=O) groups excluding carboxylic acids is 4. The molecule has 0 N–H and O–H groups in total. The van der Waals surface area contributed by atoms with Gasteiger partial charge in [0.05, 0.1) is 17.8 Å². The Morgan fingerprint density at radius 3 is 2.04 bits per heavy atom. The summed E-state index contributed by atoms with van der Waals surface area (Å²) in [5.41, 5.74) is 0.524. The molecule has 146 valence electrons. The van der Waals surface area contributed by atoms with Crippen LogP contribution in [0.2, 0.25) is 0 Å². The lowest BCUT2D eigenvalue weighted by Gasteiger charge is -2.32. The van der Waals surface area contributed by atoms with Crippen molar-refractivity contribution in [3.63, 3.8) is 0 Å². The summed E-state index contributed by atoms with van der Waals surface area (Å²) in [6.07, 6.45) is 8.48. The molecule has 1 saturated heterocycles. The van der Waals surface area contributed by atoms with Gasteiger partial charge in [0.15, 0.2) is 0 Å². The molecule has 1 aromatic carbocycles. The van der Waals surface area contributed by atoms with Crippen molar-refractivity contribution in [1.29, 1.82) is 0 Å². The van der Waals surface area contributed by atoms with Crippen LogP contribution in [0.1, 0.15) is 48.9 Å². The van der Waals surface area contributed by atoms with Crippen LogP contribution in [0.15, 0.2) is 36.4 Å². The van der Waals surface area contributed by atoms with E-state index in [0.29, 0.717) is 49.8 Å². The number of hydrogen-bond acceptors (Lipinski definition) is 5. The van der Waals surface area contributed by atoms with Crippen molar-refractivity contribution >= 4 is 24.1 Å². The van der Waals surface area contributed by atoms with Crippen molar-refractivity contribution in [2.24, 2.45) is 17.8 Å². The normalized spacial score (nSPS) is 29.5. The van der Waals surface area contributed by atoms with E-state index in [0.717, 1.165) is 6.29 Å². The number of allylic oxidation sites excluding steroid dienone is 2. The third-order valence-corrected chi connectivity index (χ3v) is 6.17. The van der Waals surface area contributed by atoms with Crippen LogP contribution in [0, 0.1) is 17.8 Å². The number of hydrogen-bond donors (Lipinski definition) is 0. The predicted molar refractivity (Wildman–Crippen MR) is 100 cm³/mol. The average molecular weight is 381 g/mol. The number of benzene rings is 1. The molecular formula is C22H23NO5. The van der Waals surface area contributed by atoms with Gasteiger partial charge in [-0.1, -0.05) is 12.2 Å². The maximum absolute atomic E-state index is 12.7. The minimum atomic E-state index is -0.297. The van der Waals surface area contributed by atoms with E-state index in [9.17, 15) is 19.2 Å². The van der Waals surface area contributed by atoms with Crippen LogP contribution in [0.25, 0.3) is 0 Å². The van der Waals surface area contributed by atoms with Gasteiger partial charge in [-0.25, -0.2) is 0 Å². The molecule has 28 heavy (non-hydrogen) atoms. The lowest BCUT2D eigenvalue weighted by atomic mass is 9.85. The number of amides is 2. The van der Waals surface area contributed by atoms with Gasteiger partial charge in [-0.3, -0.25) is 24.1 Å². The zero-order valence-electron chi connectivity index (χ0n) is 15.6. The Morgan fingerprint density at radius 2 is 1.50 bits per heavy atom. The highest BCUT2D eigenvalue weighted by molar-refractivity contribution is 6.05. The van der Waals surface area contributed by atoms with Crippen molar-refractivity contribution in [2.45, 2.75) is 44.6 Å². The number of aldehydes is 1. The van der Waals surface area contributed by atoms with Gasteiger partial charge in [0.1, 0.15) is 12.0 Å². The summed E-state index contributed by atoms with van der Waals surface area (Å²) >= 11 is 0. The summed E-state index contributed by atoms with van der Waals surface area (Å²) in [6.45, 7) is 0. The molecule has 6 heteroatoms. The van der Waals surface area contributed by atoms with Crippen LogP contribution >= 0.6 is 0 Å². The summed E-state index contributed by atoms with van der Waals surface area (Å²) in [5.74, 6) is -0.600. The Labute approximate surface area is 163 Å². The molecule has 1 aliphatic heterocycles. The van der Waals surface area contributed by atoms with Crippen LogP contribution in [0.4, 0.5) is 0 Å². The first kappa shape index (κ1) is 18.6. The number of nitrogens with zero attached hydrogens (tertiary/aromatic N) is 1. The Bertz CT molecular complexity index is 794. The Balaban J connectivity index is 1.34. The Kier molecular flexibility index (Phi) is 5.11. The fourth-order valence-corrected chi connectivity index (χ4v) is 4.57. The minimum absolute atomic E-state index is 0.0411. The first-order chi connectivity index (χ1) is 13.6. The number of likely N-dealkylation sites (tertiary alicyclic amines) is 1. The number of carbonyl (C=O) groups is 4.